The Labute approximate surface area is 176 Å². The van der Waals surface area contributed by atoms with Gasteiger partial charge in [0.05, 0.1) is 26.0 Å². The lowest BCUT2D eigenvalue weighted by Crippen LogP contribution is -2.08. The molecule has 0 saturated heterocycles. The van der Waals surface area contributed by atoms with Crippen LogP contribution in [0, 0.1) is 0 Å². The van der Waals surface area contributed by atoms with Gasteiger partial charge in [0.15, 0.2) is 5.78 Å². The highest BCUT2D eigenvalue weighted by atomic mass is 35.5. The first-order valence-electron chi connectivity index (χ1n) is 7.64. The van der Waals surface area contributed by atoms with Crippen LogP contribution in [0.4, 0.5) is 19.0 Å². The number of anilines is 1. The van der Waals surface area contributed by atoms with Crippen molar-refractivity contribution in [1.29, 1.82) is 0 Å². The Morgan fingerprint density at radius 1 is 1.25 bits per heavy atom. The molecule has 0 bridgehead atoms. The first-order chi connectivity index (χ1) is 13.0. The molecule has 2 heterocycles. The zero-order valence-electron chi connectivity index (χ0n) is 14.4. The maximum Gasteiger partial charge on any atom is 0.416 e. The van der Waals surface area contributed by atoms with Crippen LogP contribution in [0.1, 0.15) is 22.2 Å². The summed E-state index contributed by atoms with van der Waals surface area (Å²) in [5.74, 6) is 0.0756. The minimum absolute atomic E-state index is 0.0544. The van der Waals surface area contributed by atoms with Gasteiger partial charge in [0.2, 0.25) is 0 Å². The molecular weight excluding hydrogens is 454 g/mol. The summed E-state index contributed by atoms with van der Waals surface area (Å²) in [7, 11) is 0. The number of hydrogen-bond acceptors (Lipinski definition) is 5. The summed E-state index contributed by atoms with van der Waals surface area (Å²) < 4.78 is 40.2. The molecule has 2 N–H and O–H groups in total. The number of nitrogens with two attached hydrogens (primary N) is 1. The Morgan fingerprint density at radius 2 is 1.86 bits per heavy atom. The molecule has 0 amide bonds. The molecule has 0 unspecified atom stereocenters. The zero-order chi connectivity index (χ0) is 20.8. The van der Waals surface area contributed by atoms with E-state index < -0.39 is 11.7 Å². The van der Waals surface area contributed by atoms with Crippen molar-refractivity contribution in [3.63, 3.8) is 0 Å². The molecule has 3 rings (SSSR count). The highest BCUT2D eigenvalue weighted by Gasteiger charge is 2.33. The Morgan fingerprint density at radius 3 is 2.32 bits per heavy atom. The predicted molar refractivity (Wildman–Crippen MR) is 108 cm³/mol. The van der Waals surface area contributed by atoms with Crippen molar-refractivity contribution in [2.24, 2.45) is 0 Å². The van der Waals surface area contributed by atoms with E-state index in [0.717, 1.165) is 12.1 Å². The smallest absolute Gasteiger partial charge is 0.383 e. The van der Waals surface area contributed by atoms with Gasteiger partial charge in [-0.2, -0.15) is 18.3 Å². The fraction of sp³-hybridized carbons (Fsp3) is 0.176. The summed E-state index contributed by atoms with van der Waals surface area (Å²) in [6.07, 6.45) is -2.80. The number of thiophene rings is 1. The van der Waals surface area contributed by atoms with Crippen LogP contribution in [0.15, 0.2) is 29.3 Å². The third kappa shape index (κ3) is 3.76. The van der Waals surface area contributed by atoms with Crippen molar-refractivity contribution >= 4 is 57.9 Å². The lowest BCUT2D eigenvalue weighted by atomic mass is 10.2. The largest absolute Gasteiger partial charge is 0.416 e. The van der Waals surface area contributed by atoms with E-state index in [4.69, 9.17) is 28.9 Å². The van der Waals surface area contributed by atoms with Gasteiger partial charge in [0.25, 0.3) is 0 Å². The summed E-state index contributed by atoms with van der Waals surface area (Å²) in [4.78, 5) is 12.8. The number of aromatic nitrogens is 2. The molecule has 0 fully saturated rings. The minimum atomic E-state index is -4.59. The number of ketones is 1. The molecule has 0 aliphatic heterocycles. The number of hydrogen-bond donors (Lipinski definition) is 1. The summed E-state index contributed by atoms with van der Waals surface area (Å²) in [6, 6.07) is 4.98. The van der Waals surface area contributed by atoms with Gasteiger partial charge in [-0.05, 0) is 37.4 Å². The third-order valence-electron chi connectivity index (χ3n) is 3.84. The van der Waals surface area contributed by atoms with Crippen LogP contribution >= 0.6 is 46.3 Å². The van der Waals surface area contributed by atoms with E-state index in [0.29, 0.717) is 20.3 Å². The van der Waals surface area contributed by atoms with Crippen LogP contribution in [0.2, 0.25) is 10.0 Å². The average Bonchev–Trinajstić information content (AvgIpc) is 3.18. The van der Waals surface area contributed by atoms with Crippen molar-refractivity contribution in [2.75, 3.05) is 12.0 Å². The Bertz CT molecular complexity index is 1050. The molecular formula is C17H12Cl2F3N3OS2. The molecule has 1 aromatic carbocycles. The van der Waals surface area contributed by atoms with Crippen LogP contribution in [0.25, 0.3) is 16.1 Å². The fourth-order valence-corrected chi connectivity index (χ4v) is 4.80. The van der Waals surface area contributed by atoms with E-state index in [1.54, 1.807) is 18.4 Å². The minimum Gasteiger partial charge on any atom is -0.383 e. The molecule has 2 aromatic heterocycles. The SMILES string of the molecule is CSc1nn(-c2c(Cl)cc(C(F)(F)F)cc2Cl)c(N)c1-c1ccc(C(C)=O)s1. The third-order valence-corrected chi connectivity index (χ3v) is 6.29. The van der Waals surface area contributed by atoms with E-state index >= 15 is 0 Å². The number of benzene rings is 1. The molecule has 148 valence electrons. The Hall–Kier alpha value is -1.68. The van der Waals surface area contributed by atoms with Crippen LogP contribution in [-0.4, -0.2) is 21.8 Å². The highest BCUT2D eigenvalue weighted by Crippen LogP contribution is 2.43. The summed E-state index contributed by atoms with van der Waals surface area (Å²) >= 11 is 14.7. The van der Waals surface area contributed by atoms with Crippen LogP contribution in [0.3, 0.4) is 0 Å². The zero-order valence-corrected chi connectivity index (χ0v) is 17.5. The summed E-state index contributed by atoms with van der Waals surface area (Å²) in [5, 5.41) is 4.43. The number of alkyl halides is 3. The van der Waals surface area contributed by atoms with Gasteiger partial charge in [-0.25, -0.2) is 4.68 Å². The molecule has 0 radical (unpaired) electrons. The van der Waals surface area contributed by atoms with Crippen molar-refractivity contribution in [1.82, 2.24) is 9.78 Å². The quantitative estimate of drug-likeness (QED) is 0.356. The monoisotopic (exact) mass is 465 g/mol. The molecule has 3 aromatic rings. The normalized spacial score (nSPS) is 11.8. The van der Waals surface area contributed by atoms with E-state index in [1.807, 2.05) is 0 Å². The topological polar surface area (TPSA) is 60.9 Å². The second-order valence-electron chi connectivity index (χ2n) is 5.69. The number of thioether (sulfide) groups is 1. The summed E-state index contributed by atoms with van der Waals surface area (Å²) in [5.41, 5.74) is 5.92. The van der Waals surface area contributed by atoms with Crippen molar-refractivity contribution in [2.45, 2.75) is 18.1 Å². The van der Waals surface area contributed by atoms with Crippen LogP contribution < -0.4 is 5.73 Å². The lowest BCUT2D eigenvalue weighted by Gasteiger charge is -2.13. The number of nitrogen functional groups attached to an aromatic ring is 1. The molecule has 11 heteroatoms. The Balaban J connectivity index is 2.19. The van der Waals surface area contributed by atoms with Crippen LogP contribution in [0.5, 0.6) is 0 Å². The van der Waals surface area contributed by atoms with Gasteiger partial charge in [0.1, 0.15) is 16.5 Å². The van der Waals surface area contributed by atoms with Gasteiger partial charge in [-0.15, -0.1) is 23.1 Å². The van der Waals surface area contributed by atoms with Crippen LogP contribution in [-0.2, 0) is 6.18 Å². The van der Waals surface area contributed by atoms with Gasteiger partial charge in [-0.3, -0.25) is 4.79 Å². The Kier molecular flexibility index (Phi) is 5.73. The maximum absolute atomic E-state index is 13.0. The molecule has 0 spiro atoms. The first-order valence-corrected chi connectivity index (χ1v) is 10.4. The number of nitrogens with zero attached hydrogens (tertiary/aromatic N) is 2. The predicted octanol–water partition coefficient (Wildman–Crippen LogP) is 6.43. The standard InChI is InChI=1S/C17H12Cl2F3N3OS2/c1-7(26)11-3-4-12(28-11)13-15(23)25(24-16(13)27-2)14-9(18)5-8(6-10(14)19)17(20,21)22/h3-6H,23H2,1-2H3. The number of Topliss-reactive ketones (excluding diaryl/α,β-unsaturated/α-hetero) is 1. The molecule has 28 heavy (non-hydrogen) atoms. The number of halogens is 5. The van der Waals surface area contributed by atoms with Crippen molar-refractivity contribution < 1.29 is 18.0 Å². The number of carbonyl (C=O) groups excluding carboxylic acids is 1. The van der Waals surface area contributed by atoms with E-state index in [2.05, 4.69) is 5.10 Å². The lowest BCUT2D eigenvalue weighted by molar-refractivity contribution is -0.137. The number of rotatable bonds is 4. The van der Waals surface area contributed by atoms with Gasteiger partial charge >= 0.3 is 6.18 Å². The molecule has 0 saturated carbocycles. The number of carbonyl (C=O) groups is 1. The second-order valence-corrected chi connectivity index (χ2v) is 8.38. The van der Waals surface area contributed by atoms with E-state index in [9.17, 15) is 18.0 Å². The molecule has 4 nitrogen and oxygen atoms in total. The molecule has 0 aliphatic rings. The fourth-order valence-electron chi connectivity index (χ4n) is 2.55. The van der Waals surface area contributed by atoms with Gasteiger partial charge in [-0.1, -0.05) is 23.2 Å². The summed E-state index contributed by atoms with van der Waals surface area (Å²) in [6.45, 7) is 1.46. The molecule has 0 aliphatic carbocycles. The van der Waals surface area contributed by atoms with E-state index in [-0.39, 0.29) is 27.3 Å². The highest BCUT2D eigenvalue weighted by molar-refractivity contribution is 7.98. The second kappa shape index (κ2) is 7.62. The average molecular weight is 466 g/mol. The maximum atomic E-state index is 13.0. The first kappa shape index (κ1) is 21.0. The van der Waals surface area contributed by atoms with Gasteiger partial charge < -0.3 is 5.73 Å². The van der Waals surface area contributed by atoms with E-state index in [1.165, 1.54) is 34.7 Å². The molecule has 0 atom stereocenters. The van der Waals surface area contributed by atoms with Gasteiger partial charge in [0, 0.05) is 4.88 Å². The van der Waals surface area contributed by atoms with Crippen molar-refractivity contribution in [3.05, 3.63) is 44.8 Å². The van der Waals surface area contributed by atoms with Crippen molar-refractivity contribution in [3.8, 4) is 16.1 Å².